The Morgan fingerprint density at radius 3 is 2.82 bits per heavy atom. The fraction of sp³-hybridized carbons (Fsp3) is 0.222. The lowest BCUT2D eigenvalue weighted by Crippen LogP contribution is -2.41. The summed E-state index contributed by atoms with van der Waals surface area (Å²) in [5, 5.41) is 24.2. The van der Waals surface area contributed by atoms with Gasteiger partial charge >= 0.3 is 0 Å². The number of nitrogens with zero attached hydrogens (tertiary/aromatic N) is 4. The van der Waals surface area contributed by atoms with Gasteiger partial charge in [-0.3, -0.25) is 4.79 Å². The Bertz CT molecular complexity index is 963. The van der Waals surface area contributed by atoms with Gasteiger partial charge in [-0.2, -0.15) is 4.68 Å². The molecule has 0 fully saturated rings. The monoisotopic (exact) mass is 399 g/mol. The Labute approximate surface area is 164 Å². The Balaban J connectivity index is 1.28. The average molecular weight is 399 g/mol. The van der Waals surface area contributed by atoms with Gasteiger partial charge in [0.2, 0.25) is 11.1 Å². The largest absolute Gasteiger partial charge is 0.508 e. The lowest BCUT2D eigenvalue weighted by molar-refractivity contribution is -0.119. The second-order valence-electron chi connectivity index (χ2n) is 5.98. The van der Waals surface area contributed by atoms with Gasteiger partial charge in [0.25, 0.3) is 0 Å². The summed E-state index contributed by atoms with van der Waals surface area (Å²) in [5.74, 6) is 1.54. The molecule has 3 aromatic rings. The van der Waals surface area contributed by atoms with Crippen LogP contribution in [0.2, 0.25) is 0 Å². The van der Waals surface area contributed by atoms with Gasteiger partial charge in [0.1, 0.15) is 18.5 Å². The molecule has 0 bridgehead atoms. The van der Waals surface area contributed by atoms with E-state index in [0.717, 1.165) is 0 Å². The van der Waals surface area contributed by atoms with E-state index in [1.165, 1.54) is 16.4 Å². The van der Waals surface area contributed by atoms with E-state index in [4.69, 9.17) is 9.47 Å². The van der Waals surface area contributed by atoms with Crippen molar-refractivity contribution in [1.29, 1.82) is 0 Å². The number of para-hydroxylation sites is 2. The zero-order valence-electron chi connectivity index (χ0n) is 14.7. The summed E-state index contributed by atoms with van der Waals surface area (Å²) in [5.41, 5.74) is 0.692. The van der Waals surface area contributed by atoms with Crippen molar-refractivity contribution in [1.82, 2.24) is 25.5 Å². The molecule has 0 radical (unpaired) electrons. The zero-order chi connectivity index (χ0) is 19.3. The number of aromatic nitrogens is 4. The van der Waals surface area contributed by atoms with Crippen molar-refractivity contribution in [3.05, 3.63) is 48.5 Å². The van der Waals surface area contributed by atoms with Crippen LogP contribution in [0.4, 0.5) is 0 Å². The fourth-order valence-corrected chi connectivity index (χ4v) is 3.32. The van der Waals surface area contributed by atoms with E-state index in [1.807, 2.05) is 24.3 Å². The summed E-state index contributed by atoms with van der Waals surface area (Å²) < 4.78 is 13.0. The molecule has 2 N–H and O–H groups in total. The number of carbonyl (C=O) groups is 1. The molecule has 1 amide bonds. The van der Waals surface area contributed by atoms with Gasteiger partial charge in [-0.25, -0.2) is 0 Å². The second kappa shape index (κ2) is 8.17. The summed E-state index contributed by atoms with van der Waals surface area (Å²) in [4.78, 5) is 12.2. The van der Waals surface area contributed by atoms with Crippen LogP contribution in [0.15, 0.2) is 53.7 Å². The number of nitrogens with one attached hydrogen (secondary N) is 1. The summed E-state index contributed by atoms with van der Waals surface area (Å²) >= 11 is 1.22. The van der Waals surface area contributed by atoms with E-state index >= 15 is 0 Å². The summed E-state index contributed by atoms with van der Waals surface area (Å²) in [7, 11) is 0. The molecule has 28 heavy (non-hydrogen) atoms. The normalized spacial score (nSPS) is 15.2. The predicted octanol–water partition coefficient (Wildman–Crippen LogP) is 1.42. The maximum Gasteiger partial charge on any atom is 0.230 e. The minimum Gasteiger partial charge on any atom is -0.508 e. The fourth-order valence-electron chi connectivity index (χ4n) is 2.60. The van der Waals surface area contributed by atoms with Crippen LogP contribution in [0.1, 0.15) is 0 Å². The SMILES string of the molecule is O=C(CSc1nnnn1-c1ccc(O)cc1)NCC1COc2ccccc2O1. The molecule has 2 aromatic carbocycles. The number of fused-ring (bicyclic) bond motifs is 1. The molecular formula is C18H17N5O4S. The van der Waals surface area contributed by atoms with Gasteiger partial charge in [0.15, 0.2) is 11.5 Å². The molecule has 0 saturated carbocycles. The molecule has 0 aliphatic carbocycles. The molecular weight excluding hydrogens is 382 g/mol. The highest BCUT2D eigenvalue weighted by atomic mass is 32.2. The van der Waals surface area contributed by atoms with Crippen LogP contribution in [0, 0.1) is 0 Å². The van der Waals surface area contributed by atoms with Gasteiger partial charge in [-0.1, -0.05) is 23.9 Å². The number of ether oxygens (including phenoxy) is 2. The lowest BCUT2D eigenvalue weighted by atomic mass is 10.2. The van der Waals surface area contributed by atoms with Gasteiger partial charge in [0.05, 0.1) is 18.0 Å². The number of carbonyl (C=O) groups excluding carboxylic acids is 1. The van der Waals surface area contributed by atoms with E-state index < -0.39 is 0 Å². The number of rotatable bonds is 6. The van der Waals surface area contributed by atoms with Crippen molar-refractivity contribution in [2.75, 3.05) is 18.9 Å². The third kappa shape index (κ3) is 4.17. The van der Waals surface area contributed by atoms with Crippen molar-refractivity contribution < 1.29 is 19.4 Å². The van der Waals surface area contributed by atoms with E-state index in [2.05, 4.69) is 20.8 Å². The van der Waals surface area contributed by atoms with Gasteiger partial charge < -0.3 is 19.9 Å². The number of hydrogen-bond acceptors (Lipinski definition) is 8. The van der Waals surface area contributed by atoms with Crippen LogP contribution in [0.3, 0.4) is 0 Å². The first kappa shape index (κ1) is 18.1. The van der Waals surface area contributed by atoms with Crippen molar-refractivity contribution in [3.63, 3.8) is 0 Å². The van der Waals surface area contributed by atoms with Crippen molar-refractivity contribution in [3.8, 4) is 22.9 Å². The van der Waals surface area contributed by atoms with Crippen LogP contribution in [0.5, 0.6) is 17.2 Å². The number of benzene rings is 2. The highest BCUT2D eigenvalue weighted by Crippen LogP contribution is 2.30. The minimum absolute atomic E-state index is 0.155. The van der Waals surface area contributed by atoms with Crippen LogP contribution >= 0.6 is 11.8 Å². The highest BCUT2D eigenvalue weighted by Gasteiger charge is 2.21. The molecule has 1 aliphatic rings. The molecule has 0 spiro atoms. The maximum atomic E-state index is 12.2. The number of tetrazole rings is 1. The lowest BCUT2D eigenvalue weighted by Gasteiger charge is -2.26. The minimum atomic E-state index is -0.244. The summed E-state index contributed by atoms with van der Waals surface area (Å²) in [6.07, 6.45) is -0.244. The molecule has 2 heterocycles. The Kier molecular flexibility index (Phi) is 5.29. The van der Waals surface area contributed by atoms with Crippen molar-refractivity contribution in [2.24, 2.45) is 0 Å². The highest BCUT2D eigenvalue weighted by molar-refractivity contribution is 7.99. The van der Waals surface area contributed by atoms with Crippen LogP contribution < -0.4 is 14.8 Å². The van der Waals surface area contributed by atoms with E-state index in [0.29, 0.717) is 35.5 Å². The molecule has 1 unspecified atom stereocenters. The Morgan fingerprint density at radius 1 is 1.21 bits per heavy atom. The zero-order valence-corrected chi connectivity index (χ0v) is 15.5. The smallest absolute Gasteiger partial charge is 0.230 e. The number of hydrogen-bond donors (Lipinski definition) is 2. The Hall–Kier alpha value is -3.27. The average Bonchev–Trinajstić information content (AvgIpc) is 3.20. The summed E-state index contributed by atoms with van der Waals surface area (Å²) in [6, 6.07) is 13.9. The molecule has 1 atom stereocenters. The number of phenols is 1. The van der Waals surface area contributed by atoms with Crippen molar-refractivity contribution >= 4 is 17.7 Å². The first-order valence-corrected chi connectivity index (χ1v) is 9.53. The van der Waals surface area contributed by atoms with E-state index in [-0.39, 0.29) is 23.5 Å². The molecule has 0 saturated heterocycles. The number of thioether (sulfide) groups is 1. The molecule has 144 valence electrons. The summed E-state index contributed by atoms with van der Waals surface area (Å²) in [6.45, 7) is 0.722. The van der Waals surface area contributed by atoms with Gasteiger partial charge in [-0.05, 0) is 46.8 Å². The van der Waals surface area contributed by atoms with E-state index in [1.54, 1.807) is 24.3 Å². The van der Waals surface area contributed by atoms with Gasteiger partial charge in [-0.15, -0.1) is 5.10 Å². The topological polar surface area (TPSA) is 111 Å². The number of aromatic hydroxyl groups is 1. The molecule has 9 nitrogen and oxygen atoms in total. The van der Waals surface area contributed by atoms with Crippen LogP contribution in [0.25, 0.3) is 5.69 Å². The molecule has 1 aromatic heterocycles. The van der Waals surface area contributed by atoms with E-state index in [9.17, 15) is 9.90 Å². The molecule has 4 rings (SSSR count). The third-order valence-electron chi connectivity index (χ3n) is 3.96. The maximum absolute atomic E-state index is 12.2. The van der Waals surface area contributed by atoms with Gasteiger partial charge in [0, 0.05) is 0 Å². The predicted molar refractivity (Wildman–Crippen MR) is 101 cm³/mol. The number of amides is 1. The Morgan fingerprint density at radius 2 is 2.00 bits per heavy atom. The second-order valence-corrected chi connectivity index (χ2v) is 6.92. The standard InChI is InChI=1S/C18H17N5O4S/c24-13-7-5-12(6-8-13)23-18(20-21-22-23)28-11-17(25)19-9-14-10-26-15-3-1-2-4-16(15)27-14/h1-8,14,24H,9-11H2,(H,19,25). The van der Waals surface area contributed by atoms with Crippen LogP contribution in [-0.2, 0) is 4.79 Å². The first-order valence-electron chi connectivity index (χ1n) is 8.55. The van der Waals surface area contributed by atoms with Crippen LogP contribution in [-0.4, -0.2) is 56.2 Å². The van der Waals surface area contributed by atoms with Crippen molar-refractivity contribution in [2.45, 2.75) is 11.3 Å². The third-order valence-corrected chi connectivity index (χ3v) is 4.88. The quantitative estimate of drug-likeness (QED) is 0.599. The molecule has 1 aliphatic heterocycles. The first-order chi connectivity index (χ1) is 13.7. The number of phenolic OH excluding ortho intramolecular Hbond substituents is 1. The molecule has 10 heteroatoms.